The lowest BCUT2D eigenvalue weighted by Crippen LogP contribution is -2.19. The van der Waals surface area contributed by atoms with Crippen molar-refractivity contribution >= 4 is 16.3 Å². The van der Waals surface area contributed by atoms with Gasteiger partial charge in [-0.2, -0.15) is 8.42 Å². The molecule has 1 rings (SSSR count). The molecule has 0 unspecified atom stereocenters. The first-order valence-corrected chi connectivity index (χ1v) is 5.14. The summed E-state index contributed by atoms with van der Waals surface area (Å²) >= 11 is 0. The average molecular weight is 249 g/mol. The number of rotatable bonds is 3. The Kier molecular flexibility index (Phi) is 3.32. The number of hydrogen-bond acceptors (Lipinski definition) is 6. The van der Waals surface area contributed by atoms with Gasteiger partial charge in [-0.15, -0.1) is 0 Å². The molecule has 9 heteroatoms. The van der Waals surface area contributed by atoms with Crippen LogP contribution in [0, 0.1) is 0 Å². The zero-order chi connectivity index (χ0) is 12.3. The topological polar surface area (TPSA) is 133 Å². The fourth-order valence-corrected chi connectivity index (χ4v) is 1.28. The van der Waals surface area contributed by atoms with Crippen molar-refractivity contribution in [3.05, 3.63) is 23.8 Å². The van der Waals surface area contributed by atoms with Crippen LogP contribution in [0.15, 0.2) is 18.2 Å². The molecular weight excluding hydrogens is 242 g/mol. The van der Waals surface area contributed by atoms with Gasteiger partial charge >= 0.3 is 10.4 Å². The van der Waals surface area contributed by atoms with Crippen molar-refractivity contribution < 1.29 is 32.3 Å². The molecule has 0 heterocycles. The summed E-state index contributed by atoms with van der Waals surface area (Å²) in [6.07, 6.45) is 0. The third-order valence-corrected chi connectivity index (χ3v) is 1.92. The highest BCUT2D eigenvalue weighted by Crippen LogP contribution is 2.23. The SMILES string of the molecule is O=C(NO)c1cc(OS(=O)(=O)O)ccc1O. The van der Waals surface area contributed by atoms with Crippen molar-refractivity contribution in [3.8, 4) is 11.5 Å². The van der Waals surface area contributed by atoms with Gasteiger partial charge in [0, 0.05) is 0 Å². The molecule has 0 atom stereocenters. The second kappa shape index (κ2) is 4.35. The molecule has 0 fully saturated rings. The minimum Gasteiger partial charge on any atom is -0.507 e. The van der Waals surface area contributed by atoms with Crippen molar-refractivity contribution in [3.63, 3.8) is 0 Å². The first-order valence-electron chi connectivity index (χ1n) is 3.78. The molecular formula is C7H7NO7S. The zero-order valence-corrected chi connectivity index (χ0v) is 8.43. The molecule has 0 aliphatic heterocycles. The van der Waals surface area contributed by atoms with Crippen LogP contribution in [0.2, 0.25) is 0 Å². The van der Waals surface area contributed by atoms with E-state index in [0.29, 0.717) is 0 Å². The smallest absolute Gasteiger partial charge is 0.446 e. The monoisotopic (exact) mass is 249 g/mol. The highest BCUT2D eigenvalue weighted by Gasteiger charge is 2.14. The van der Waals surface area contributed by atoms with Crippen LogP contribution < -0.4 is 9.66 Å². The molecule has 0 aromatic heterocycles. The normalized spacial score (nSPS) is 10.9. The van der Waals surface area contributed by atoms with E-state index in [4.69, 9.17) is 9.76 Å². The maximum atomic E-state index is 11.0. The van der Waals surface area contributed by atoms with Gasteiger partial charge in [0.25, 0.3) is 5.91 Å². The number of benzene rings is 1. The lowest BCUT2D eigenvalue weighted by molar-refractivity contribution is 0.0703. The Morgan fingerprint density at radius 2 is 2.00 bits per heavy atom. The molecule has 1 amide bonds. The summed E-state index contributed by atoms with van der Waals surface area (Å²) in [5.74, 6) is -1.94. The Balaban J connectivity index is 3.12. The van der Waals surface area contributed by atoms with Crippen LogP contribution in [-0.2, 0) is 10.4 Å². The number of phenols is 1. The average Bonchev–Trinajstić information content (AvgIpc) is 2.18. The van der Waals surface area contributed by atoms with Crippen molar-refractivity contribution in [1.82, 2.24) is 5.48 Å². The molecule has 0 saturated heterocycles. The van der Waals surface area contributed by atoms with Crippen molar-refractivity contribution in [2.45, 2.75) is 0 Å². The van der Waals surface area contributed by atoms with E-state index in [-0.39, 0.29) is 5.75 Å². The molecule has 1 aromatic carbocycles. The van der Waals surface area contributed by atoms with Crippen LogP contribution in [0.1, 0.15) is 10.4 Å². The van der Waals surface area contributed by atoms with Crippen LogP contribution in [0.25, 0.3) is 0 Å². The van der Waals surface area contributed by atoms with Crippen LogP contribution in [-0.4, -0.2) is 29.2 Å². The van der Waals surface area contributed by atoms with E-state index in [1.807, 2.05) is 0 Å². The number of aromatic hydroxyl groups is 1. The fourth-order valence-electron chi connectivity index (χ4n) is 0.931. The predicted octanol–water partition coefficient (Wildman–Crippen LogP) is -0.307. The molecule has 8 nitrogen and oxygen atoms in total. The first kappa shape index (κ1) is 12.2. The Morgan fingerprint density at radius 3 is 2.50 bits per heavy atom. The Morgan fingerprint density at radius 1 is 1.38 bits per heavy atom. The summed E-state index contributed by atoms with van der Waals surface area (Å²) in [4.78, 5) is 11.0. The number of nitrogens with one attached hydrogen (secondary N) is 1. The molecule has 1 aromatic rings. The van der Waals surface area contributed by atoms with Gasteiger partial charge in [-0.05, 0) is 18.2 Å². The molecule has 0 radical (unpaired) electrons. The van der Waals surface area contributed by atoms with Crippen molar-refractivity contribution in [2.24, 2.45) is 0 Å². The molecule has 88 valence electrons. The van der Waals surface area contributed by atoms with Gasteiger partial charge < -0.3 is 9.29 Å². The van der Waals surface area contributed by atoms with Gasteiger partial charge in [-0.1, -0.05) is 0 Å². The molecule has 0 aliphatic rings. The van der Waals surface area contributed by atoms with E-state index < -0.39 is 27.6 Å². The highest BCUT2D eigenvalue weighted by atomic mass is 32.3. The number of carbonyl (C=O) groups is 1. The van der Waals surface area contributed by atoms with E-state index in [1.165, 1.54) is 5.48 Å². The number of hydroxylamine groups is 1. The van der Waals surface area contributed by atoms with Crippen molar-refractivity contribution in [2.75, 3.05) is 0 Å². The molecule has 0 spiro atoms. The maximum absolute atomic E-state index is 11.0. The van der Waals surface area contributed by atoms with Crippen LogP contribution >= 0.6 is 0 Å². The molecule has 16 heavy (non-hydrogen) atoms. The van der Waals surface area contributed by atoms with Gasteiger partial charge in [0.15, 0.2) is 0 Å². The van der Waals surface area contributed by atoms with E-state index in [1.54, 1.807) is 0 Å². The highest BCUT2D eigenvalue weighted by molar-refractivity contribution is 7.81. The van der Waals surface area contributed by atoms with Gasteiger partial charge in [0.2, 0.25) is 0 Å². The maximum Gasteiger partial charge on any atom is 0.446 e. The molecule has 0 aliphatic carbocycles. The van der Waals surface area contributed by atoms with E-state index in [0.717, 1.165) is 18.2 Å². The fraction of sp³-hybridized carbons (Fsp3) is 0. The standard InChI is InChI=1S/C7H7NO7S/c9-6-2-1-4(15-16(12,13)14)3-5(6)7(10)8-11/h1-3,9,11H,(H,8,10)(H,12,13,14). The molecule has 4 N–H and O–H groups in total. The van der Waals surface area contributed by atoms with Gasteiger partial charge in [0.1, 0.15) is 11.5 Å². The summed E-state index contributed by atoms with van der Waals surface area (Å²) < 4.78 is 33.1. The van der Waals surface area contributed by atoms with Gasteiger partial charge in [0.05, 0.1) is 5.56 Å². The number of amides is 1. The number of carbonyl (C=O) groups excluding carboxylic acids is 1. The summed E-state index contributed by atoms with van der Waals surface area (Å²) in [6, 6.07) is 2.80. The number of hydrogen-bond donors (Lipinski definition) is 4. The van der Waals surface area contributed by atoms with E-state index >= 15 is 0 Å². The second-order valence-electron chi connectivity index (χ2n) is 2.63. The molecule has 0 saturated carbocycles. The summed E-state index contributed by atoms with van der Waals surface area (Å²) in [5.41, 5.74) is 0.832. The minimum atomic E-state index is -4.72. The second-order valence-corrected chi connectivity index (χ2v) is 3.65. The Bertz CT molecular complexity index is 509. The number of phenolic OH excluding ortho intramolecular Hbond substituents is 1. The summed E-state index contributed by atoms with van der Waals surface area (Å²) in [6.45, 7) is 0. The Hall–Kier alpha value is -1.84. The van der Waals surface area contributed by atoms with Crippen LogP contribution in [0.3, 0.4) is 0 Å². The van der Waals surface area contributed by atoms with Crippen LogP contribution in [0.4, 0.5) is 0 Å². The van der Waals surface area contributed by atoms with E-state index in [9.17, 15) is 18.3 Å². The predicted molar refractivity (Wildman–Crippen MR) is 49.5 cm³/mol. The first-order chi connectivity index (χ1) is 7.33. The third-order valence-electron chi connectivity index (χ3n) is 1.52. The van der Waals surface area contributed by atoms with E-state index in [2.05, 4.69) is 4.18 Å². The minimum absolute atomic E-state index is 0.390. The zero-order valence-electron chi connectivity index (χ0n) is 7.61. The lowest BCUT2D eigenvalue weighted by atomic mass is 10.2. The lowest BCUT2D eigenvalue weighted by Gasteiger charge is -2.05. The largest absolute Gasteiger partial charge is 0.507 e. The van der Waals surface area contributed by atoms with Crippen molar-refractivity contribution in [1.29, 1.82) is 0 Å². The summed E-state index contributed by atoms with van der Waals surface area (Å²) in [5, 5.41) is 17.5. The Labute approximate surface area is 90.0 Å². The molecule has 0 bridgehead atoms. The quantitative estimate of drug-likeness (QED) is 0.328. The van der Waals surface area contributed by atoms with Crippen LogP contribution in [0.5, 0.6) is 11.5 Å². The third kappa shape index (κ3) is 3.08. The summed E-state index contributed by atoms with van der Waals surface area (Å²) in [7, 11) is -4.72. The van der Waals surface area contributed by atoms with Gasteiger partial charge in [-0.25, -0.2) is 5.48 Å². The van der Waals surface area contributed by atoms with Gasteiger partial charge in [-0.3, -0.25) is 14.6 Å².